The molecule has 1 heterocycles. The fourth-order valence-electron chi connectivity index (χ4n) is 4.02. The number of nitrogens with zero attached hydrogens (tertiary/aromatic N) is 1. The lowest BCUT2D eigenvalue weighted by Crippen LogP contribution is -2.29. The molecule has 0 radical (unpaired) electrons. The zero-order valence-corrected chi connectivity index (χ0v) is 18.5. The van der Waals surface area contributed by atoms with Gasteiger partial charge in [-0.15, -0.1) is 0 Å². The number of ketones is 1. The van der Waals surface area contributed by atoms with Crippen LogP contribution in [-0.4, -0.2) is 23.9 Å². The zero-order chi connectivity index (χ0) is 23.0. The van der Waals surface area contributed by atoms with Gasteiger partial charge < -0.3 is 9.84 Å². The SMILES string of the molecule is COc1ccc(C2/C(=C(/O)c3ccc(C)c(C)c3)C(=O)C(=O)N2c2cccc(C)c2)cc1. The first-order valence-corrected chi connectivity index (χ1v) is 10.4. The van der Waals surface area contributed by atoms with Crippen LogP contribution in [0.2, 0.25) is 0 Å². The summed E-state index contributed by atoms with van der Waals surface area (Å²) in [6, 6.07) is 19.3. The largest absolute Gasteiger partial charge is 0.507 e. The van der Waals surface area contributed by atoms with E-state index >= 15 is 0 Å². The summed E-state index contributed by atoms with van der Waals surface area (Å²) in [4.78, 5) is 27.9. The summed E-state index contributed by atoms with van der Waals surface area (Å²) in [6.07, 6.45) is 0. The number of rotatable bonds is 4. The second kappa shape index (κ2) is 8.35. The Morgan fingerprint density at radius 2 is 1.62 bits per heavy atom. The predicted molar refractivity (Wildman–Crippen MR) is 125 cm³/mol. The maximum atomic E-state index is 13.2. The van der Waals surface area contributed by atoms with Gasteiger partial charge in [0, 0.05) is 11.3 Å². The molecule has 5 heteroatoms. The van der Waals surface area contributed by atoms with Crippen LogP contribution in [0.15, 0.2) is 72.3 Å². The Morgan fingerprint density at radius 1 is 0.906 bits per heavy atom. The van der Waals surface area contributed by atoms with Crippen molar-refractivity contribution in [1.29, 1.82) is 0 Å². The van der Waals surface area contributed by atoms with Gasteiger partial charge in [0.25, 0.3) is 11.7 Å². The van der Waals surface area contributed by atoms with E-state index in [1.165, 1.54) is 4.90 Å². The molecule has 3 aromatic rings. The molecule has 1 fully saturated rings. The van der Waals surface area contributed by atoms with Crippen LogP contribution in [0.25, 0.3) is 5.76 Å². The molecule has 0 bridgehead atoms. The first kappa shape index (κ1) is 21.4. The molecule has 1 N–H and O–H groups in total. The number of aryl methyl sites for hydroxylation is 3. The van der Waals surface area contributed by atoms with Crippen molar-refractivity contribution in [2.45, 2.75) is 26.8 Å². The Kier molecular flexibility index (Phi) is 5.57. The molecule has 1 aliphatic heterocycles. The minimum atomic E-state index is -0.760. The van der Waals surface area contributed by atoms with Gasteiger partial charge in [-0.2, -0.15) is 0 Å². The lowest BCUT2D eigenvalue weighted by Gasteiger charge is -2.26. The van der Waals surface area contributed by atoms with Crippen LogP contribution in [0.1, 0.15) is 33.9 Å². The summed E-state index contributed by atoms with van der Waals surface area (Å²) in [5.41, 5.74) is 4.92. The lowest BCUT2D eigenvalue weighted by molar-refractivity contribution is -0.132. The number of methoxy groups -OCH3 is 1. The summed E-state index contributed by atoms with van der Waals surface area (Å²) in [5, 5.41) is 11.2. The third kappa shape index (κ3) is 3.66. The van der Waals surface area contributed by atoms with E-state index in [1.54, 1.807) is 31.4 Å². The Bertz CT molecular complexity index is 1240. The molecule has 0 saturated carbocycles. The maximum Gasteiger partial charge on any atom is 0.300 e. The molecular formula is C27H25NO4. The number of hydrogen-bond donors (Lipinski definition) is 1. The number of amides is 1. The molecule has 4 rings (SSSR count). The van der Waals surface area contributed by atoms with Crippen LogP contribution in [0.4, 0.5) is 5.69 Å². The number of carbonyl (C=O) groups is 2. The number of hydrogen-bond acceptors (Lipinski definition) is 4. The van der Waals surface area contributed by atoms with Crippen LogP contribution >= 0.6 is 0 Å². The van der Waals surface area contributed by atoms with Gasteiger partial charge in [0.2, 0.25) is 0 Å². The van der Waals surface area contributed by atoms with E-state index in [2.05, 4.69) is 0 Å². The molecule has 1 aliphatic rings. The van der Waals surface area contributed by atoms with Crippen LogP contribution in [0.5, 0.6) is 5.75 Å². The summed E-state index contributed by atoms with van der Waals surface area (Å²) < 4.78 is 5.26. The highest BCUT2D eigenvalue weighted by Gasteiger charge is 2.47. The quantitative estimate of drug-likeness (QED) is 0.351. The van der Waals surface area contributed by atoms with Crippen molar-refractivity contribution < 1.29 is 19.4 Å². The maximum absolute atomic E-state index is 13.2. The van der Waals surface area contributed by atoms with Gasteiger partial charge in [0.05, 0.1) is 18.7 Å². The highest BCUT2D eigenvalue weighted by molar-refractivity contribution is 6.51. The van der Waals surface area contributed by atoms with Gasteiger partial charge in [-0.3, -0.25) is 14.5 Å². The van der Waals surface area contributed by atoms with Crippen LogP contribution in [-0.2, 0) is 9.59 Å². The molecule has 0 aliphatic carbocycles. The van der Waals surface area contributed by atoms with E-state index in [0.29, 0.717) is 22.6 Å². The van der Waals surface area contributed by atoms with Crippen molar-refractivity contribution >= 4 is 23.1 Å². The van der Waals surface area contributed by atoms with Crippen LogP contribution in [0.3, 0.4) is 0 Å². The highest BCUT2D eigenvalue weighted by atomic mass is 16.5. The van der Waals surface area contributed by atoms with Crippen LogP contribution in [0, 0.1) is 20.8 Å². The molecule has 162 valence electrons. The van der Waals surface area contributed by atoms with Gasteiger partial charge in [-0.1, -0.05) is 36.4 Å². The van der Waals surface area contributed by atoms with Gasteiger partial charge in [0.1, 0.15) is 11.5 Å². The first-order chi connectivity index (χ1) is 15.3. The second-order valence-corrected chi connectivity index (χ2v) is 8.08. The Morgan fingerprint density at radius 3 is 2.25 bits per heavy atom. The number of aliphatic hydroxyl groups is 1. The summed E-state index contributed by atoms with van der Waals surface area (Å²) in [6.45, 7) is 5.85. The normalized spacial score (nSPS) is 17.6. The smallest absolute Gasteiger partial charge is 0.300 e. The molecule has 1 saturated heterocycles. The molecule has 1 unspecified atom stereocenters. The fraction of sp³-hybridized carbons (Fsp3) is 0.185. The molecule has 32 heavy (non-hydrogen) atoms. The van der Waals surface area contributed by atoms with E-state index in [0.717, 1.165) is 16.7 Å². The van der Waals surface area contributed by atoms with Gasteiger partial charge in [0.15, 0.2) is 0 Å². The average Bonchev–Trinajstić information content (AvgIpc) is 3.06. The van der Waals surface area contributed by atoms with Crippen molar-refractivity contribution in [2.24, 2.45) is 0 Å². The van der Waals surface area contributed by atoms with Crippen LogP contribution < -0.4 is 9.64 Å². The monoisotopic (exact) mass is 427 g/mol. The molecule has 5 nitrogen and oxygen atoms in total. The third-order valence-corrected chi connectivity index (χ3v) is 5.94. The van der Waals surface area contributed by atoms with Crippen molar-refractivity contribution in [3.8, 4) is 5.75 Å². The van der Waals surface area contributed by atoms with Crippen molar-refractivity contribution in [3.05, 3.63) is 100 Å². The van der Waals surface area contributed by atoms with E-state index in [9.17, 15) is 14.7 Å². The van der Waals surface area contributed by atoms with Crippen molar-refractivity contribution in [1.82, 2.24) is 0 Å². The summed E-state index contributed by atoms with van der Waals surface area (Å²) in [5.74, 6) is -0.886. The third-order valence-electron chi connectivity index (χ3n) is 5.94. The number of ether oxygens (including phenoxy) is 1. The zero-order valence-electron chi connectivity index (χ0n) is 18.5. The van der Waals surface area contributed by atoms with Crippen molar-refractivity contribution in [2.75, 3.05) is 12.0 Å². The van der Waals surface area contributed by atoms with Gasteiger partial charge in [-0.25, -0.2) is 0 Å². The predicted octanol–water partition coefficient (Wildman–Crippen LogP) is 5.25. The standard InChI is InChI=1S/C27H25NO4/c1-16-6-5-7-21(14-16)28-24(19-10-12-22(32-4)13-11-19)23(26(30)27(28)31)25(29)20-9-8-17(2)18(3)15-20/h5-15,24,29H,1-4H3/b25-23-. The summed E-state index contributed by atoms with van der Waals surface area (Å²) >= 11 is 0. The Balaban J connectivity index is 1.95. The molecule has 0 spiro atoms. The number of carbonyl (C=O) groups excluding carboxylic acids is 2. The Labute approximate surface area is 187 Å². The fourth-order valence-corrected chi connectivity index (χ4v) is 4.02. The van der Waals surface area contributed by atoms with Gasteiger partial charge >= 0.3 is 0 Å². The van der Waals surface area contributed by atoms with Gasteiger partial charge in [-0.05, 0) is 73.4 Å². The number of Topliss-reactive ketones (excluding diaryl/α,β-unsaturated/α-hetero) is 1. The van der Waals surface area contributed by atoms with E-state index < -0.39 is 17.7 Å². The summed E-state index contributed by atoms with van der Waals surface area (Å²) in [7, 11) is 1.58. The van der Waals surface area contributed by atoms with E-state index in [4.69, 9.17) is 4.74 Å². The molecular weight excluding hydrogens is 402 g/mol. The number of anilines is 1. The topological polar surface area (TPSA) is 66.8 Å². The van der Waals surface area contributed by atoms with E-state index in [1.807, 2.05) is 63.2 Å². The minimum absolute atomic E-state index is 0.0740. The van der Waals surface area contributed by atoms with Crippen molar-refractivity contribution in [3.63, 3.8) is 0 Å². The molecule has 1 amide bonds. The number of aliphatic hydroxyl groups excluding tert-OH is 1. The lowest BCUT2D eigenvalue weighted by atomic mass is 9.94. The molecule has 0 aromatic heterocycles. The minimum Gasteiger partial charge on any atom is -0.507 e. The Hall–Kier alpha value is -3.86. The molecule has 3 aromatic carbocycles. The highest BCUT2D eigenvalue weighted by Crippen LogP contribution is 2.42. The molecule has 1 atom stereocenters. The first-order valence-electron chi connectivity index (χ1n) is 10.4. The van der Waals surface area contributed by atoms with E-state index in [-0.39, 0.29) is 11.3 Å². The number of benzene rings is 3. The average molecular weight is 428 g/mol. The second-order valence-electron chi connectivity index (χ2n) is 8.08.